The number of nitrogens with zero attached hydrogens (tertiary/aromatic N) is 2. The first-order valence-corrected chi connectivity index (χ1v) is 8.91. The average molecular weight is 338 g/mol. The number of rotatable bonds is 7. The highest BCUT2D eigenvalue weighted by Crippen LogP contribution is 2.28. The van der Waals surface area contributed by atoms with Gasteiger partial charge in [-0.05, 0) is 36.5 Å². The van der Waals surface area contributed by atoms with E-state index in [1.54, 1.807) is 6.20 Å². The predicted octanol–water partition coefficient (Wildman–Crippen LogP) is 3.12. The summed E-state index contributed by atoms with van der Waals surface area (Å²) in [6, 6.07) is 14.6. The molecule has 0 saturated heterocycles. The molecular weight excluding hydrogens is 312 g/mol. The highest BCUT2D eigenvalue weighted by Gasteiger charge is 2.33. The van der Waals surface area contributed by atoms with E-state index < -0.39 is 0 Å². The van der Waals surface area contributed by atoms with Gasteiger partial charge in [0.15, 0.2) is 5.96 Å². The monoisotopic (exact) mass is 338 g/mol. The third-order valence-electron chi connectivity index (χ3n) is 4.22. The first-order valence-electron chi connectivity index (χ1n) is 8.91. The van der Waals surface area contributed by atoms with Crippen molar-refractivity contribution >= 4 is 5.96 Å². The van der Waals surface area contributed by atoms with Gasteiger partial charge in [0.2, 0.25) is 5.88 Å². The summed E-state index contributed by atoms with van der Waals surface area (Å²) in [4.78, 5) is 8.95. The number of aromatic nitrogens is 1. The van der Waals surface area contributed by atoms with E-state index in [9.17, 15) is 0 Å². The van der Waals surface area contributed by atoms with Crippen molar-refractivity contribution in [3.05, 3.63) is 59.8 Å². The number of hydrogen-bond donors (Lipinski definition) is 2. The lowest BCUT2D eigenvalue weighted by atomic mass is 10.2. The maximum absolute atomic E-state index is 5.78. The van der Waals surface area contributed by atoms with E-state index >= 15 is 0 Å². The lowest BCUT2D eigenvalue weighted by molar-refractivity contribution is 0.293. The smallest absolute Gasteiger partial charge is 0.213 e. The van der Waals surface area contributed by atoms with Crippen molar-refractivity contribution in [1.29, 1.82) is 0 Å². The van der Waals surface area contributed by atoms with Gasteiger partial charge in [-0.1, -0.05) is 37.3 Å². The molecular formula is C20H26N4O. The van der Waals surface area contributed by atoms with E-state index in [0.717, 1.165) is 29.5 Å². The summed E-state index contributed by atoms with van der Waals surface area (Å²) in [6.45, 7) is 6.30. The Morgan fingerprint density at radius 2 is 2.04 bits per heavy atom. The number of hydrogen-bond acceptors (Lipinski definition) is 3. The van der Waals surface area contributed by atoms with Crippen LogP contribution in [-0.2, 0) is 13.2 Å². The molecule has 0 amide bonds. The van der Waals surface area contributed by atoms with Crippen molar-refractivity contribution in [1.82, 2.24) is 15.6 Å². The number of aliphatic imine (C=N–C) groups is 1. The lowest BCUT2D eigenvalue weighted by Gasteiger charge is -2.11. The third-order valence-corrected chi connectivity index (χ3v) is 4.22. The molecule has 0 radical (unpaired) electrons. The number of ether oxygens (including phenoxy) is 1. The molecule has 2 unspecified atom stereocenters. The van der Waals surface area contributed by atoms with Gasteiger partial charge in [0.25, 0.3) is 0 Å². The first-order chi connectivity index (χ1) is 12.2. The van der Waals surface area contributed by atoms with Crippen LogP contribution in [0.25, 0.3) is 0 Å². The van der Waals surface area contributed by atoms with Gasteiger partial charge >= 0.3 is 0 Å². The van der Waals surface area contributed by atoms with Crippen LogP contribution < -0.4 is 15.4 Å². The van der Waals surface area contributed by atoms with Gasteiger partial charge in [-0.2, -0.15) is 0 Å². The molecule has 5 nitrogen and oxygen atoms in total. The van der Waals surface area contributed by atoms with Crippen LogP contribution in [0.1, 0.15) is 31.4 Å². The fourth-order valence-electron chi connectivity index (χ4n) is 2.55. The second kappa shape index (κ2) is 8.51. The summed E-state index contributed by atoms with van der Waals surface area (Å²) < 4.78 is 5.78. The largest absolute Gasteiger partial charge is 0.473 e. The highest BCUT2D eigenvalue weighted by atomic mass is 16.5. The second-order valence-corrected chi connectivity index (χ2v) is 6.44. The minimum Gasteiger partial charge on any atom is -0.473 e. The molecule has 2 atom stereocenters. The minimum absolute atomic E-state index is 0.518. The van der Waals surface area contributed by atoms with Gasteiger partial charge in [0, 0.05) is 24.8 Å². The summed E-state index contributed by atoms with van der Waals surface area (Å²) in [5.74, 6) is 2.24. The molecule has 1 aromatic heterocycles. The topological polar surface area (TPSA) is 58.5 Å². The molecule has 2 aromatic rings. The van der Waals surface area contributed by atoms with Crippen LogP contribution in [0.2, 0.25) is 0 Å². The molecule has 1 aliphatic carbocycles. The zero-order valence-electron chi connectivity index (χ0n) is 14.9. The summed E-state index contributed by atoms with van der Waals surface area (Å²) in [7, 11) is 0. The fraction of sp³-hybridized carbons (Fsp3) is 0.400. The number of guanidine groups is 1. The molecule has 0 bridgehead atoms. The molecule has 1 heterocycles. The number of benzene rings is 1. The summed E-state index contributed by atoms with van der Waals surface area (Å²) in [5.41, 5.74) is 2.21. The number of nitrogens with one attached hydrogen (secondary N) is 2. The van der Waals surface area contributed by atoms with Crippen molar-refractivity contribution < 1.29 is 4.74 Å². The minimum atomic E-state index is 0.518. The third kappa shape index (κ3) is 5.48. The Kier molecular flexibility index (Phi) is 5.88. The van der Waals surface area contributed by atoms with Crippen LogP contribution in [0.5, 0.6) is 5.88 Å². The lowest BCUT2D eigenvalue weighted by Crippen LogP contribution is -2.39. The summed E-state index contributed by atoms with van der Waals surface area (Å²) in [5, 5.41) is 6.76. The normalized spacial score (nSPS) is 19.4. The van der Waals surface area contributed by atoms with E-state index in [4.69, 9.17) is 4.74 Å². The van der Waals surface area contributed by atoms with Crippen LogP contribution in [0, 0.1) is 5.92 Å². The quantitative estimate of drug-likeness (QED) is 0.601. The predicted molar refractivity (Wildman–Crippen MR) is 101 cm³/mol. The van der Waals surface area contributed by atoms with Crippen LogP contribution in [0.15, 0.2) is 53.7 Å². The van der Waals surface area contributed by atoms with E-state index in [0.29, 0.717) is 25.1 Å². The van der Waals surface area contributed by atoms with Crippen LogP contribution in [0.4, 0.5) is 0 Å². The van der Waals surface area contributed by atoms with Gasteiger partial charge in [-0.25, -0.2) is 9.98 Å². The van der Waals surface area contributed by atoms with Gasteiger partial charge in [-0.15, -0.1) is 0 Å². The van der Waals surface area contributed by atoms with Crippen LogP contribution in [-0.4, -0.2) is 23.5 Å². The molecule has 1 saturated carbocycles. The van der Waals surface area contributed by atoms with E-state index in [1.807, 2.05) is 42.5 Å². The summed E-state index contributed by atoms with van der Waals surface area (Å²) in [6.07, 6.45) is 2.99. The van der Waals surface area contributed by atoms with Crippen molar-refractivity contribution in [2.24, 2.45) is 10.9 Å². The van der Waals surface area contributed by atoms with Gasteiger partial charge in [0.1, 0.15) is 6.61 Å². The Morgan fingerprint density at radius 3 is 2.76 bits per heavy atom. The molecule has 5 heteroatoms. The SMILES string of the molecule is CCNC(=NCc1ccnc(OCc2ccccc2)c1)NC1CC1C. The van der Waals surface area contributed by atoms with E-state index in [-0.39, 0.29) is 0 Å². The Morgan fingerprint density at radius 1 is 1.24 bits per heavy atom. The van der Waals surface area contributed by atoms with Crippen molar-refractivity contribution in [2.75, 3.05) is 6.54 Å². The molecule has 0 aliphatic heterocycles. The van der Waals surface area contributed by atoms with Gasteiger partial charge in [-0.3, -0.25) is 0 Å². The Balaban J connectivity index is 1.57. The molecule has 132 valence electrons. The molecule has 0 spiro atoms. The molecule has 25 heavy (non-hydrogen) atoms. The Bertz CT molecular complexity index is 702. The molecule has 1 aromatic carbocycles. The standard InChI is InChI=1S/C20H26N4O/c1-3-21-20(24-18-11-15(18)2)23-13-17-9-10-22-19(12-17)25-14-16-7-5-4-6-8-16/h4-10,12,15,18H,3,11,13-14H2,1-2H3,(H2,21,23,24). The van der Waals surface area contributed by atoms with Gasteiger partial charge < -0.3 is 15.4 Å². The van der Waals surface area contributed by atoms with Crippen LogP contribution in [0.3, 0.4) is 0 Å². The van der Waals surface area contributed by atoms with Crippen LogP contribution >= 0.6 is 0 Å². The average Bonchev–Trinajstić information content (AvgIpc) is 3.34. The fourth-order valence-corrected chi connectivity index (χ4v) is 2.55. The zero-order chi connectivity index (χ0) is 17.5. The zero-order valence-corrected chi connectivity index (χ0v) is 14.9. The Labute approximate surface area is 149 Å². The number of pyridine rings is 1. The highest BCUT2D eigenvalue weighted by molar-refractivity contribution is 5.80. The van der Waals surface area contributed by atoms with Gasteiger partial charge in [0.05, 0.1) is 6.54 Å². The summed E-state index contributed by atoms with van der Waals surface area (Å²) >= 11 is 0. The first kappa shape index (κ1) is 17.3. The molecule has 3 rings (SSSR count). The molecule has 1 fully saturated rings. The van der Waals surface area contributed by atoms with Crippen molar-refractivity contribution in [2.45, 2.75) is 39.5 Å². The van der Waals surface area contributed by atoms with Crippen molar-refractivity contribution in [3.63, 3.8) is 0 Å². The molecule has 2 N–H and O–H groups in total. The molecule has 1 aliphatic rings. The second-order valence-electron chi connectivity index (χ2n) is 6.44. The maximum Gasteiger partial charge on any atom is 0.213 e. The van der Waals surface area contributed by atoms with E-state index in [2.05, 4.69) is 34.5 Å². The maximum atomic E-state index is 5.78. The van der Waals surface area contributed by atoms with E-state index in [1.165, 1.54) is 6.42 Å². The Hall–Kier alpha value is -2.56. The van der Waals surface area contributed by atoms with Crippen molar-refractivity contribution in [3.8, 4) is 5.88 Å².